The fourth-order valence-corrected chi connectivity index (χ4v) is 2.55. The lowest BCUT2D eigenvalue weighted by molar-refractivity contribution is 0.0979. The van der Waals surface area contributed by atoms with Crippen LogP contribution >= 0.6 is 0 Å². The van der Waals surface area contributed by atoms with Crippen molar-refractivity contribution in [1.82, 2.24) is 0 Å². The lowest BCUT2D eigenvalue weighted by atomic mass is 9.98. The van der Waals surface area contributed by atoms with Crippen LogP contribution < -0.4 is 10.6 Å². The molecule has 0 aromatic heterocycles. The van der Waals surface area contributed by atoms with Gasteiger partial charge in [-0.25, -0.2) is 4.39 Å². The van der Waals surface area contributed by atoms with Crippen LogP contribution in [0.5, 0.6) is 0 Å². The molecular weight excluding hydrogens is 255 g/mol. The summed E-state index contributed by atoms with van der Waals surface area (Å²) in [5, 5.41) is 0. The van der Waals surface area contributed by atoms with Gasteiger partial charge in [0, 0.05) is 18.7 Å². The smallest absolute Gasteiger partial charge is 0.258 e. The largest absolute Gasteiger partial charge is 0.326 e. The summed E-state index contributed by atoms with van der Waals surface area (Å²) in [4.78, 5) is 14.0. The summed E-state index contributed by atoms with van der Waals surface area (Å²) in [6, 6.07) is 12.2. The molecule has 102 valence electrons. The first-order chi connectivity index (χ1) is 9.70. The van der Waals surface area contributed by atoms with Gasteiger partial charge in [0.1, 0.15) is 5.82 Å². The minimum atomic E-state index is -0.402. The molecule has 0 saturated carbocycles. The first-order valence-electron chi connectivity index (χ1n) is 6.59. The molecule has 0 bridgehead atoms. The second-order valence-electron chi connectivity index (χ2n) is 4.85. The standard InChI is InChI=1S/C16H15FN2O/c17-14-9-11(10-18)5-6-15(14)19-8-7-12-3-1-2-4-13(12)16(19)20/h1-6,9H,7-8,10,18H2. The Hall–Kier alpha value is -2.20. The molecule has 3 nitrogen and oxygen atoms in total. The predicted octanol–water partition coefficient (Wildman–Crippen LogP) is 2.49. The highest BCUT2D eigenvalue weighted by Crippen LogP contribution is 2.27. The Balaban J connectivity index is 1.99. The molecule has 4 heteroatoms. The Kier molecular flexibility index (Phi) is 3.24. The van der Waals surface area contributed by atoms with Gasteiger partial charge in [-0.15, -0.1) is 0 Å². The summed E-state index contributed by atoms with van der Waals surface area (Å²) in [6.07, 6.45) is 0.736. The second kappa shape index (κ2) is 5.06. The lowest BCUT2D eigenvalue weighted by Gasteiger charge is -2.29. The van der Waals surface area contributed by atoms with Crippen LogP contribution in [0, 0.1) is 5.82 Å². The highest BCUT2D eigenvalue weighted by Gasteiger charge is 2.26. The van der Waals surface area contributed by atoms with E-state index < -0.39 is 5.82 Å². The van der Waals surface area contributed by atoms with Gasteiger partial charge < -0.3 is 10.6 Å². The Labute approximate surface area is 116 Å². The van der Waals surface area contributed by atoms with Gasteiger partial charge in [-0.05, 0) is 35.7 Å². The fourth-order valence-electron chi connectivity index (χ4n) is 2.55. The van der Waals surface area contributed by atoms with Crippen LogP contribution in [0.15, 0.2) is 42.5 Å². The van der Waals surface area contributed by atoms with Crippen molar-refractivity contribution in [3.8, 4) is 0 Å². The third kappa shape index (κ3) is 2.08. The van der Waals surface area contributed by atoms with Crippen molar-refractivity contribution in [2.75, 3.05) is 11.4 Å². The van der Waals surface area contributed by atoms with Crippen LogP contribution in [-0.2, 0) is 13.0 Å². The van der Waals surface area contributed by atoms with Crippen LogP contribution in [0.4, 0.5) is 10.1 Å². The number of anilines is 1. The van der Waals surface area contributed by atoms with E-state index in [0.717, 1.165) is 17.5 Å². The molecule has 1 aliphatic rings. The number of nitrogens with two attached hydrogens (primary N) is 1. The fraction of sp³-hybridized carbons (Fsp3) is 0.188. The monoisotopic (exact) mass is 270 g/mol. The molecule has 0 aliphatic carbocycles. The highest BCUT2D eigenvalue weighted by atomic mass is 19.1. The molecule has 2 aromatic rings. The van der Waals surface area contributed by atoms with E-state index in [9.17, 15) is 9.18 Å². The zero-order valence-corrected chi connectivity index (χ0v) is 11.0. The van der Waals surface area contributed by atoms with Crippen molar-refractivity contribution in [3.05, 3.63) is 65.0 Å². The molecule has 0 unspecified atom stereocenters. The van der Waals surface area contributed by atoms with Gasteiger partial charge in [0.2, 0.25) is 0 Å². The molecule has 1 amide bonds. The zero-order chi connectivity index (χ0) is 14.1. The first-order valence-corrected chi connectivity index (χ1v) is 6.59. The lowest BCUT2D eigenvalue weighted by Crippen LogP contribution is -2.38. The summed E-state index contributed by atoms with van der Waals surface area (Å²) in [5.74, 6) is -0.549. The number of hydrogen-bond acceptors (Lipinski definition) is 2. The second-order valence-corrected chi connectivity index (χ2v) is 4.85. The van der Waals surface area contributed by atoms with Gasteiger partial charge in [0.15, 0.2) is 0 Å². The van der Waals surface area contributed by atoms with E-state index in [4.69, 9.17) is 5.73 Å². The number of fused-ring (bicyclic) bond motifs is 1. The van der Waals surface area contributed by atoms with Crippen LogP contribution in [0.3, 0.4) is 0 Å². The van der Waals surface area contributed by atoms with Crippen LogP contribution in [-0.4, -0.2) is 12.5 Å². The van der Waals surface area contributed by atoms with Crippen molar-refractivity contribution >= 4 is 11.6 Å². The van der Waals surface area contributed by atoms with Crippen molar-refractivity contribution in [2.24, 2.45) is 5.73 Å². The topological polar surface area (TPSA) is 46.3 Å². The molecule has 2 N–H and O–H groups in total. The quantitative estimate of drug-likeness (QED) is 0.911. The van der Waals surface area contributed by atoms with Crippen molar-refractivity contribution in [1.29, 1.82) is 0 Å². The van der Waals surface area contributed by atoms with E-state index in [1.165, 1.54) is 11.0 Å². The minimum Gasteiger partial charge on any atom is -0.326 e. The number of carbonyl (C=O) groups excluding carboxylic acids is 1. The molecule has 20 heavy (non-hydrogen) atoms. The van der Waals surface area contributed by atoms with Gasteiger partial charge in [-0.3, -0.25) is 4.79 Å². The van der Waals surface area contributed by atoms with Gasteiger partial charge in [0.25, 0.3) is 5.91 Å². The normalized spacial score (nSPS) is 14.3. The van der Waals surface area contributed by atoms with Crippen molar-refractivity contribution in [2.45, 2.75) is 13.0 Å². The summed E-state index contributed by atoms with van der Waals surface area (Å²) in [5.41, 5.74) is 8.20. The maximum atomic E-state index is 14.1. The molecule has 3 rings (SSSR count). The molecule has 0 spiro atoms. The molecule has 0 fully saturated rings. The highest BCUT2D eigenvalue weighted by molar-refractivity contribution is 6.08. The van der Waals surface area contributed by atoms with E-state index in [1.807, 2.05) is 18.2 Å². The molecule has 1 aliphatic heterocycles. The maximum absolute atomic E-state index is 14.1. The molecule has 0 saturated heterocycles. The van der Waals surface area contributed by atoms with Crippen molar-refractivity contribution < 1.29 is 9.18 Å². The molecule has 2 aromatic carbocycles. The van der Waals surface area contributed by atoms with Crippen LogP contribution in [0.1, 0.15) is 21.5 Å². The van der Waals surface area contributed by atoms with Gasteiger partial charge in [0.05, 0.1) is 5.69 Å². The number of carbonyl (C=O) groups is 1. The predicted molar refractivity (Wildman–Crippen MR) is 76.1 cm³/mol. The minimum absolute atomic E-state index is 0.147. The van der Waals surface area contributed by atoms with E-state index in [1.54, 1.807) is 18.2 Å². The number of benzene rings is 2. The molecule has 0 radical (unpaired) electrons. The molecule has 1 heterocycles. The summed E-state index contributed by atoms with van der Waals surface area (Å²) < 4.78 is 14.1. The van der Waals surface area contributed by atoms with Gasteiger partial charge in [-0.1, -0.05) is 24.3 Å². The molecular formula is C16H15FN2O. The van der Waals surface area contributed by atoms with Crippen molar-refractivity contribution in [3.63, 3.8) is 0 Å². The molecule has 0 atom stereocenters. The number of nitrogens with zero attached hydrogens (tertiary/aromatic N) is 1. The van der Waals surface area contributed by atoms with E-state index in [2.05, 4.69) is 0 Å². The summed E-state index contributed by atoms with van der Waals surface area (Å²) in [6.45, 7) is 0.780. The van der Waals surface area contributed by atoms with E-state index in [0.29, 0.717) is 17.8 Å². The average Bonchev–Trinajstić information content (AvgIpc) is 2.48. The Morgan fingerprint density at radius 2 is 2.00 bits per heavy atom. The number of amides is 1. The summed E-state index contributed by atoms with van der Waals surface area (Å²) in [7, 11) is 0. The number of halogens is 1. The summed E-state index contributed by atoms with van der Waals surface area (Å²) >= 11 is 0. The zero-order valence-electron chi connectivity index (χ0n) is 11.0. The van der Waals surface area contributed by atoms with Crippen LogP contribution in [0.25, 0.3) is 0 Å². The van der Waals surface area contributed by atoms with Crippen LogP contribution in [0.2, 0.25) is 0 Å². The Bertz CT molecular complexity index is 669. The van der Waals surface area contributed by atoms with Gasteiger partial charge >= 0.3 is 0 Å². The maximum Gasteiger partial charge on any atom is 0.258 e. The number of rotatable bonds is 2. The third-order valence-electron chi connectivity index (χ3n) is 3.64. The Morgan fingerprint density at radius 3 is 2.75 bits per heavy atom. The SMILES string of the molecule is NCc1ccc(N2CCc3ccccc3C2=O)c(F)c1. The first kappa shape index (κ1) is 12.8. The van der Waals surface area contributed by atoms with E-state index >= 15 is 0 Å². The Morgan fingerprint density at radius 1 is 1.20 bits per heavy atom. The third-order valence-corrected chi connectivity index (χ3v) is 3.64. The average molecular weight is 270 g/mol. The van der Waals surface area contributed by atoms with Gasteiger partial charge in [-0.2, -0.15) is 0 Å². The number of hydrogen-bond donors (Lipinski definition) is 1. The van der Waals surface area contributed by atoms with E-state index in [-0.39, 0.29) is 12.5 Å².